The molecule has 0 saturated heterocycles. The summed E-state index contributed by atoms with van der Waals surface area (Å²) in [5.41, 5.74) is 6.28. The van der Waals surface area contributed by atoms with Crippen LogP contribution >= 0.6 is 15.9 Å². The molecule has 0 unspecified atom stereocenters. The molecule has 1 nitrogen and oxygen atoms in total. The minimum Gasteiger partial charge on any atom is -0.446 e. The van der Waals surface area contributed by atoms with Gasteiger partial charge in [0, 0.05) is 9.89 Å². The second-order valence-corrected chi connectivity index (χ2v) is 6.96. The van der Waals surface area contributed by atoms with Crippen LogP contribution in [0.2, 0.25) is 6.32 Å². The van der Waals surface area contributed by atoms with Crippen molar-refractivity contribution in [2.75, 3.05) is 0 Å². The Balaban J connectivity index is 2.21. The minimum atomic E-state index is -0.369. The third-order valence-electron chi connectivity index (χ3n) is 4.43. The van der Waals surface area contributed by atoms with Crippen LogP contribution < -0.4 is 5.46 Å². The Labute approximate surface area is 129 Å². The van der Waals surface area contributed by atoms with Gasteiger partial charge in [-0.25, -0.2) is 0 Å². The fourth-order valence-electron chi connectivity index (χ4n) is 3.17. The summed E-state index contributed by atoms with van der Waals surface area (Å²) in [6.45, 7) is 6.15. The van der Waals surface area contributed by atoms with Gasteiger partial charge in [0.1, 0.15) is 0 Å². The first-order valence-electron chi connectivity index (χ1n) is 7.08. The van der Waals surface area contributed by atoms with E-state index in [4.69, 9.17) is 0 Å². The van der Waals surface area contributed by atoms with Crippen LogP contribution in [0, 0.1) is 0 Å². The lowest BCUT2D eigenvalue weighted by molar-refractivity contribution is 0.585. The molecule has 102 valence electrons. The number of fused-ring (bicyclic) bond motifs is 3. The molecule has 0 bridgehead atoms. The van der Waals surface area contributed by atoms with Crippen molar-refractivity contribution in [3.05, 3.63) is 52.0 Å². The van der Waals surface area contributed by atoms with Crippen LogP contribution in [0.4, 0.5) is 0 Å². The largest absolute Gasteiger partial charge is 0.446 e. The van der Waals surface area contributed by atoms with Crippen LogP contribution in [-0.4, -0.2) is 11.9 Å². The Morgan fingerprint density at radius 3 is 2.30 bits per heavy atom. The van der Waals surface area contributed by atoms with Crippen LogP contribution in [0.25, 0.3) is 11.1 Å². The molecule has 0 aliphatic heterocycles. The summed E-state index contributed by atoms with van der Waals surface area (Å²) in [7, 11) is 0. The van der Waals surface area contributed by atoms with Crippen molar-refractivity contribution in [2.45, 2.75) is 32.5 Å². The van der Waals surface area contributed by atoms with Gasteiger partial charge in [0.2, 0.25) is 0 Å². The maximum Gasteiger partial charge on any atom is 0.323 e. The first-order chi connectivity index (χ1) is 9.45. The van der Waals surface area contributed by atoms with Gasteiger partial charge >= 0.3 is 6.92 Å². The zero-order valence-corrected chi connectivity index (χ0v) is 13.7. The summed E-state index contributed by atoms with van der Waals surface area (Å²) in [4.78, 5) is 0. The van der Waals surface area contributed by atoms with Crippen molar-refractivity contribution >= 4 is 28.3 Å². The number of hydrogen-bond donors (Lipinski definition) is 1. The first kappa shape index (κ1) is 13.9. The van der Waals surface area contributed by atoms with E-state index in [-0.39, 0.29) is 12.3 Å². The topological polar surface area (TPSA) is 20.2 Å². The van der Waals surface area contributed by atoms with Gasteiger partial charge in [-0.1, -0.05) is 61.0 Å². The van der Waals surface area contributed by atoms with Crippen molar-refractivity contribution in [1.82, 2.24) is 0 Å². The van der Waals surface area contributed by atoms with Crippen LogP contribution in [0.1, 0.15) is 31.9 Å². The van der Waals surface area contributed by atoms with E-state index in [1.54, 1.807) is 0 Å². The molecule has 0 saturated carbocycles. The van der Waals surface area contributed by atoms with E-state index in [0.29, 0.717) is 0 Å². The lowest BCUT2D eigenvalue weighted by Gasteiger charge is -2.22. The summed E-state index contributed by atoms with van der Waals surface area (Å²) in [5, 5.41) is 10.1. The van der Waals surface area contributed by atoms with E-state index >= 15 is 0 Å². The number of benzene rings is 2. The lowest BCUT2D eigenvalue weighted by Crippen LogP contribution is -2.30. The zero-order valence-electron chi connectivity index (χ0n) is 12.1. The molecule has 0 radical (unpaired) electrons. The Bertz CT molecular complexity index is 679. The smallest absolute Gasteiger partial charge is 0.323 e. The number of halogens is 1. The van der Waals surface area contributed by atoms with E-state index in [0.717, 1.165) is 16.3 Å². The second-order valence-electron chi connectivity index (χ2n) is 6.04. The Morgan fingerprint density at radius 2 is 1.65 bits per heavy atom. The molecule has 2 aromatic rings. The van der Waals surface area contributed by atoms with Crippen molar-refractivity contribution in [3.63, 3.8) is 0 Å². The van der Waals surface area contributed by atoms with Crippen molar-refractivity contribution < 1.29 is 5.02 Å². The predicted octanol–water partition coefficient (Wildman–Crippen LogP) is 3.97. The molecule has 1 aliphatic carbocycles. The molecular weight excluding hydrogens is 311 g/mol. The van der Waals surface area contributed by atoms with Crippen molar-refractivity contribution in [2.24, 2.45) is 0 Å². The van der Waals surface area contributed by atoms with Gasteiger partial charge in [-0.2, -0.15) is 0 Å². The molecule has 0 spiro atoms. The molecule has 20 heavy (non-hydrogen) atoms. The highest BCUT2D eigenvalue weighted by Gasteiger charge is 2.36. The molecule has 3 heteroatoms. The molecule has 1 aliphatic rings. The third-order valence-corrected chi connectivity index (χ3v) is 4.93. The quantitative estimate of drug-likeness (QED) is 0.827. The molecule has 0 atom stereocenters. The van der Waals surface area contributed by atoms with Gasteiger partial charge in [-0.3, -0.25) is 0 Å². The monoisotopic (exact) mass is 328 g/mol. The van der Waals surface area contributed by atoms with Gasteiger partial charge in [0.15, 0.2) is 0 Å². The van der Waals surface area contributed by atoms with E-state index in [1.165, 1.54) is 22.3 Å². The Kier molecular flexibility index (Phi) is 3.30. The Morgan fingerprint density at radius 1 is 1.05 bits per heavy atom. The molecule has 1 N–H and O–H groups in total. The van der Waals surface area contributed by atoms with Gasteiger partial charge in [0.05, 0.1) is 0 Å². The van der Waals surface area contributed by atoms with Gasteiger partial charge in [-0.05, 0) is 46.2 Å². The van der Waals surface area contributed by atoms with Crippen LogP contribution in [-0.2, 0) is 5.41 Å². The summed E-state index contributed by atoms with van der Waals surface area (Å²) in [5.74, 6) is 0. The van der Waals surface area contributed by atoms with E-state index in [1.807, 2.05) is 6.92 Å². The predicted molar refractivity (Wildman–Crippen MR) is 89.8 cm³/mol. The molecule has 0 amide bonds. The summed E-state index contributed by atoms with van der Waals surface area (Å²) in [6.07, 6.45) is 0.748. The van der Waals surface area contributed by atoms with Crippen LogP contribution in [0.3, 0.4) is 0 Å². The van der Waals surface area contributed by atoms with Gasteiger partial charge in [-0.15, -0.1) is 0 Å². The number of hydrogen-bond acceptors (Lipinski definition) is 1. The molecule has 3 rings (SSSR count). The van der Waals surface area contributed by atoms with Gasteiger partial charge < -0.3 is 5.02 Å². The highest BCUT2D eigenvalue weighted by molar-refractivity contribution is 9.10. The van der Waals surface area contributed by atoms with E-state index in [2.05, 4.69) is 66.2 Å². The van der Waals surface area contributed by atoms with E-state index < -0.39 is 0 Å². The average Bonchev–Trinajstić information content (AvgIpc) is 2.66. The maximum atomic E-state index is 10.1. The SMILES string of the molecule is CCB(O)c1ccc2c(c1)C(C)(C)c1cc(Br)ccc1-2. The highest BCUT2D eigenvalue weighted by Crippen LogP contribution is 2.48. The standard InChI is InChI=1S/C17H18BBrO/c1-4-18(20)11-5-7-13-14-8-6-12(19)10-16(14)17(2,3)15(13)9-11/h5-10,20H,4H2,1-3H3. The van der Waals surface area contributed by atoms with Crippen molar-refractivity contribution in [1.29, 1.82) is 0 Å². The summed E-state index contributed by atoms with van der Waals surface area (Å²) in [6, 6.07) is 12.9. The Hall–Kier alpha value is -1.06. The first-order valence-corrected chi connectivity index (χ1v) is 7.87. The molecule has 2 aromatic carbocycles. The van der Waals surface area contributed by atoms with Crippen molar-refractivity contribution in [3.8, 4) is 11.1 Å². The summed E-state index contributed by atoms with van der Waals surface area (Å²) >= 11 is 3.57. The third kappa shape index (κ3) is 1.95. The maximum absolute atomic E-state index is 10.1. The fourth-order valence-corrected chi connectivity index (χ4v) is 3.53. The van der Waals surface area contributed by atoms with E-state index in [9.17, 15) is 5.02 Å². The lowest BCUT2D eigenvalue weighted by atomic mass is 9.58. The normalized spacial score (nSPS) is 14.8. The fraction of sp³-hybridized carbons (Fsp3) is 0.294. The second kappa shape index (κ2) is 4.75. The number of rotatable bonds is 2. The molecule has 0 heterocycles. The van der Waals surface area contributed by atoms with Crippen LogP contribution in [0.5, 0.6) is 0 Å². The summed E-state index contributed by atoms with van der Waals surface area (Å²) < 4.78 is 1.12. The molecular formula is C17H18BBrO. The average molecular weight is 329 g/mol. The molecule has 0 aromatic heterocycles. The van der Waals surface area contributed by atoms with Gasteiger partial charge in [0.25, 0.3) is 0 Å². The molecule has 0 fully saturated rings. The van der Waals surface area contributed by atoms with Crippen LogP contribution in [0.15, 0.2) is 40.9 Å². The zero-order chi connectivity index (χ0) is 14.5. The highest BCUT2D eigenvalue weighted by atomic mass is 79.9. The minimum absolute atomic E-state index is 0.0160.